The highest BCUT2D eigenvalue weighted by molar-refractivity contribution is 7.99. The standard InChI is InChI=1S/C21H23N5O3S/c22-17(27)10-11-26-20(16-7-4-12-29-16)24-25-21(26)30-13-18(28)23-19(15-8-9-15)14-5-2-1-3-6-14/h1-7,12,15,19H,8-11,13H2,(H2,22,27)(H,23,28). The highest BCUT2D eigenvalue weighted by Gasteiger charge is 2.33. The van der Waals surface area contributed by atoms with Gasteiger partial charge in [-0.3, -0.25) is 14.2 Å². The second kappa shape index (κ2) is 9.17. The van der Waals surface area contributed by atoms with Crippen LogP contribution in [0.3, 0.4) is 0 Å². The van der Waals surface area contributed by atoms with E-state index in [-0.39, 0.29) is 24.1 Å². The number of hydrogen-bond donors (Lipinski definition) is 2. The lowest BCUT2D eigenvalue weighted by Crippen LogP contribution is -2.31. The predicted octanol–water partition coefficient (Wildman–Crippen LogP) is 2.77. The fourth-order valence-electron chi connectivity index (χ4n) is 3.32. The largest absolute Gasteiger partial charge is 0.461 e. The molecule has 1 fully saturated rings. The predicted molar refractivity (Wildman–Crippen MR) is 112 cm³/mol. The zero-order valence-electron chi connectivity index (χ0n) is 16.4. The van der Waals surface area contributed by atoms with Gasteiger partial charge in [0.1, 0.15) is 0 Å². The van der Waals surface area contributed by atoms with Crippen LogP contribution in [0.15, 0.2) is 58.3 Å². The Labute approximate surface area is 178 Å². The molecular formula is C21H23N5O3S. The second-order valence-electron chi connectivity index (χ2n) is 7.23. The van der Waals surface area contributed by atoms with Crippen LogP contribution in [0.1, 0.15) is 30.9 Å². The van der Waals surface area contributed by atoms with E-state index in [0.29, 0.717) is 29.2 Å². The number of nitrogens with one attached hydrogen (secondary N) is 1. The molecule has 1 atom stereocenters. The van der Waals surface area contributed by atoms with Crippen molar-refractivity contribution in [2.24, 2.45) is 11.7 Å². The first-order chi connectivity index (χ1) is 14.6. The van der Waals surface area contributed by atoms with Crippen LogP contribution in [0.25, 0.3) is 11.6 Å². The van der Waals surface area contributed by atoms with Gasteiger partial charge >= 0.3 is 0 Å². The number of nitrogens with two attached hydrogens (primary N) is 1. The summed E-state index contributed by atoms with van der Waals surface area (Å²) in [5.41, 5.74) is 6.43. The van der Waals surface area contributed by atoms with Crippen LogP contribution in [0.2, 0.25) is 0 Å². The molecule has 30 heavy (non-hydrogen) atoms. The third-order valence-electron chi connectivity index (χ3n) is 4.94. The molecule has 0 saturated heterocycles. The number of hydrogen-bond acceptors (Lipinski definition) is 6. The Balaban J connectivity index is 1.43. The molecular weight excluding hydrogens is 402 g/mol. The van der Waals surface area contributed by atoms with Crippen molar-refractivity contribution in [2.75, 3.05) is 5.75 Å². The number of benzene rings is 1. The molecule has 1 unspecified atom stereocenters. The summed E-state index contributed by atoms with van der Waals surface area (Å²) in [6.07, 6.45) is 3.94. The van der Waals surface area contributed by atoms with Gasteiger partial charge in [0.2, 0.25) is 11.8 Å². The van der Waals surface area contributed by atoms with Crippen LogP contribution in [0.5, 0.6) is 0 Å². The first kappa shape index (κ1) is 20.2. The van der Waals surface area contributed by atoms with Gasteiger partial charge in [0.25, 0.3) is 0 Å². The molecule has 8 nitrogen and oxygen atoms in total. The summed E-state index contributed by atoms with van der Waals surface area (Å²) in [5.74, 6) is 1.25. The summed E-state index contributed by atoms with van der Waals surface area (Å²) < 4.78 is 7.17. The van der Waals surface area contributed by atoms with Crippen molar-refractivity contribution in [1.82, 2.24) is 20.1 Å². The Kier molecular flexibility index (Phi) is 6.18. The molecule has 2 amide bonds. The van der Waals surface area contributed by atoms with Crippen molar-refractivity contribution in [3.05, 3.63) is 54.3 Å². The van der Waals surface area contributed by atoms with Crippen LogP contribution >= 0.6 is 11.8 Å². The topological polar surface area (TPSA) is 116 Å². The normalized spacial score (nSPS) is 14.4. The lowest BCUT2D eigenvalue weighted by molar-refractivity contribution is -0.119. The van der Waals surface area contributed by atoms with Gasteiger partial charge in [0, 0.05) is 13.0 Å². The fraction of sp³-hybridized carbons (Fsp3) is 0.333. The average Bonchev–Trinajstić information content (AvgIpc) is 3.28. The average molecular weight is 426 g/mol. The first-order valence-corrected chi connectivity index (χ1v) is 10.8. The van der Waals surface area contributed by atoms with Gasteiger partial charge in [-0.1, -0.05) is 42.1 Å². The molecule has 2 heterocycles. The molecule has 0 radical (unpaired) electrons. The summed E-state index contributed by atoms with van der Waals surface area (Å²) >= 11 is 1.28. The SMILES string of the molecule is NC(=O)CCn1c(SCC(=O)NC(c2ccccc2)C2CC2)nnc1-c1ccco1. The molecule has 1 saturated carbocycles. The van der Waals surface area contributed by atoms with Crippen molar-refractivity contribution >= 4 is 23.6 Å². The number of primary amides is 1. The van der Waals surface area contributed by atoms with E-state index in [1.807, 2.05) is 30.3 Å². The lowest BCUT2D eigenvalue weighted by atomic mass is 10.0. The van der Waals surface area contributed by atoms with E-state index in [9.17, 15) is 9.59 Å². The molecule has 0 aliphatic heterocycles. The third-order valence-corrected chi connectivity index (χ3v) is 5.91. The number of furan rings is 1. The van der Waals surface area contributed by atoms with Gasteiger partial charge in [-0.25, -0.2) is 0 Å². The van der Waals surface area contributed by atoms with Crippen LogP contribution in [0, 0.1) is 5.92 Å². The summed E-state index contributed by atoms with van der Waals surface area (Å²) in [4.78, 5) is 23.9. The molecule has 4 rings (SSSR count). The molecule has 3 aromatic rings. The number of carbonyl (C=O) groups is 2. The number of thioether (sulfide) groups is 1. The fourth-order valence-corrected chi connectivity index (χ4v) is 4.09. The minimum Gasteiger partial charge on any atom is -0.461 e. The van der Waals surface area contributed by atoms with Crippen LogP contribution < -0.4 is 11.1 Å². The van der Waals surface area contributed by atoms with Crippen LogP contribution in [-0.2, 0) is 16.1 Å². The van der Waals surface area contributed by atoms with E-state index in [1.165, 1.54) is 11.8 Å². The van der Waals surface area contributed by atoms with Crippen molar-refractivity contribution in [3.63, 3.8) is 0 Å². The minimum absolute atomic E-state index is 0.0331. The molecule has 1 aliphatic rings. The van der Waals surface area contributed by atoms with E-state index in [4.69, 9.17) is 10.2 Å². The van der Waals surface area contributed by atoms with E-state index in [0.717, 1.165) is 18.4 Å². The maximum Gasteiger partial charge on any atom is 0.230 e. The van der Waals surface area contributed by atoms with Gasteiger partial charge in [-0.15, -0.1) is 10.2 Å². The first-order valence-electron chi connectivity index (χ1n) is 9.84. The Morgan fingerprint density at radius 3 is 2.67 bits per heavy atom. The quantitative estimate of drug-likeness (QED) is 0.483. The maximum atomic E-state index is 12.7. The van der Waals surface area contributed by atoms with Crippen LogP contribution in [0.4, 0.5) is 0 Å². The van der Waals surface area contributed by atoms with Gasteiger partial charge in [0.15, 0.2) is 16.7 Å². The number of carbonyl (C=O) groups excluding carboxylic acids is 2. The zero-order valence-corrected chi connectivity index (χ0v) is 17.2. The number of rotatable bonds is 10. The monoisotopic (exact) mass is 425 g/mol. The van der Waals surface area contributed by atoms with E-state index in [2.05, 4.69) is 15.5 Å². The Hall–Kier alpha value is -3.07. The smallest absolute Gasteiger partial charge is 0.230 e. The highest BCUT2D eigenvalue weighted by atomic mass is 32.2. The molecule has 3 N–H and O–H groups in total. The minimum atomic E-state index is -0.419. The number of aromatic nitrogens is 3. The summed E-state index contributed by atoms with van der Waals surface area (Å²) in [6.45, 7) is 0.317. The summed E-state index contributed by atoms with van der Waals surface area (Å²) in [5, 5.41) is 12.1. The van der Waals surface area contributed by atoms with E-state index >= 15 is 0 Å². The summed E-state index contributed by atoms with van der Waals surface area (Å²) in [6, 6.07) is 13.6. The highest BCUT2D eigenvalue weighted by Crippen LogP contribution is 2.41. The molecule has 1 aromatic carbocycles. The second-order valence-corrected chi connectivity index (χ2v) is 8.18. The molecule has 0 bridgehead atoms. The van der Waals surface area contributed by atoms with Gasteiger partial charge in [-0.2, -0.15) is 0 Å². The van der Waals surface area contributed by atoms with E-state index in [1.54, 1.807) is 23.0 Å². The molecule has 2 aromatic heterocycles. The van der Waals surface area contributed by atoms with Crippen molar-refractivity contribution in [3.8, 4) is 11.6 Å². The molecule has 9 heteroatoms. The molecule has 156 valence electrons. The lowest BCUT2D eigenvalue weighted by Gasteiger charge is -2.18. The van der Waals surface area contributed by atoms with Crippen LogP contribution in [-0.4, -0.2) is 32.3 Å². The Bertz CT molecular complexity index is 999. The zero-order chi connectivity index (χ0) is 20.9. The number of nitrogens with zero attached hydrogens (tertiary/aromatic N) is 3. The Morgan fingerprint density at radius 1 is 1.20 bits per heavy atom. The summed E-state index contributed by atoms with van der Waals surface area (Å²) in [7, 11) is 0. The Morgan fingerprint density at radius 2 is 2.00 bits per heavy atom. The van der Waals surface area contributed by atoms with Crippen molar-refractivity contribution < 1.29 is 14.0 Å². The van der Waals surface area contributed by atoms with Crippen molar-refractivity contribution in [1.29, 1.82) is 0 Å². The van der Waals surface area contributed by atoms with Gasteiger partial charge in [0.05, 0.1) is 18.1 Å². The van der Waals surface area contributed by atoms with Gasteiger partial charge in [-0.05, 0) is 36.5 Å². The van der Waals surface area contributed by atoms with Crippen molar-refractivity contribution in [2.45, 2.75) is 37.0 Å². The van der Waals surface area contributed by atoms with E-state index < -0.39 is 5.91 Å². The maximum absolute atomic E-state index is 12.7. The number of amides is 2. The van der Waals surface area contributed by atoms with Gasteiger partial charge < -0.3 is 15.5 Å². The molecule has 1 aliphatic carbocycles. The third kappa shape index (κ3) is 4.91. The molecule has 0 spiro atoms.